The molecule has 0 spiro atoms. The van der Waals surface area contributed by atoms with Gasteiger partial charge in [0.15, 0.2) is 0 Å². The van der Waals surface area contributed by atoms with Gasteiger partial charge in [-0.15, -0.1) is 0 Å². The number of hydrogen-bond acceptors (Lipinski definition) is 4. The summed E-state index contributed by atoms with van der Waals surface area (Å²) in [5, 5.41) is 8.85. The average Bonchev–Trinajstić information content (AvgIpc) is 2.54. The quantitative estimate of drug-likeness (QED) is 0.661. The first-order valence-corrected chi connectivity index (χ1v) is 7.68. The fraction of sp³-hybridized carbons (Fsp3) is 0.500. The maximum atomic E-state index is 11.5. The lowest BCUT2D eigenvalue weighted by Gasteiger charge is -2.23. The summed E-state index contributed by atoms with van der Waals surface area (Å²) in [6, 6.07) is 9.82. The highest BCUT2D eigenvalue weighted by Crippen LogP contribution is 2.03. The zero-order chi connectivity index (χ0) is 15.6. The van der Waals surface area contributed by atoms with Crippen molar-refractivity contribution >= 4 is 12.0 Å². The molecule has 0 saturated carbocycles. The maximum Gasteiger partial charge on any atom is 0.407 e. The zero-order valence-corrected chi connectivity index (χ0v) is 12.6. The number of nitrogens with one attached hydrogen (secondary N) is 3. The second-order valence-corrected chi connectivity index (χ2v) is 5.34. The SMILES string of the molecule is O=C1CC(NCCCNC(=O)OCc2ccccc2)CCN1. The van der Waals surface area contributed by atoms with Crippen molar-refractivity contribution in [2.45, 2.75) is 31.9 Å². The summed E-state index contributed by atoms with van der Waals surface area (Å²) in [4.78, 5) is 22.7. The molecule has 22 heavy (non-hydrogen) atoms. The third kappa shape index (κ3) is 6.13. The molecule has 120 valence electrons. The van der Waals surface area contributed by atoms with Crippen molar-refractivity contribution in [3.8, 4) is 0 Å². The molecule has 3 N–H and O–H groups in total. The first kappa shape index (κ1) is 16.3. The Morgan fingerprint density at radius 1 is 1.27 bits per heavy atom. The molecule has 1 unspecified atom stereocenters. The molecule has 6 heteroatoms. The van der Waals surface area contributed by atoms with Crippen LogP contribution in [0.1, 0.15) is 24.8 Å². The normalized spacial score (nSPS) is 17.6. The van der Waals surface area contributed by atoms with Gasteiger partial charge in [-0.3, -0.25) is 4.79 Å². The van der Waals surface area contributed by atoms with Gasteiger partial charge >= 0.3 is 6.09 Å². The number of piperidine rings is 1. The van der Waals surface area contributed by atoms with Crippen LogP contribution in [0.25, 0.3) is 0 Å². The Bertz CT molecular complexity index is 479. The number of benzene rings is 1. The van der Waals surface area contributed by atoms with Gasteiger partial charge in [0.05, 0.1) is 0 Å². The Morgan fingerprint density at radius 3 is 2.86 bits per heavy atom. The summed E-state index contributed by atoms with van der Waals surface area (Å²) in [5.74, 6) is 0.103. The largest absolute Gasteiger partial charge is 0.445 e. The highest BCUT2D eigenvalue weighted by molar-refractivity contribution is 5.77. The third-order valence-corrected chi connectivity index (χ3v) is 3.52. The van der Waals surface area contributed by atoms with Crippen LogP contribution >= 0.6 is 0 Å². The average molecular weight is 305 g/mol. The number of hydrogen-bond donors (Lipinski definition) is 3. The van der Waals surface area contributed by atoms with Crippen molar-refractivity contribution in [2.75, 3.05) is 19.6 Å². The Morgan fingerprint density at radius 2 is 2.09 bits per heavy atom. The Balaban J connectivity index is 1.49. The molecule has 1 fully saturated rings. The summed E-state index contributed by atoms with van der Waals surface area (Å²) < 4.78 is 5.12. The topological polar surface area (TPSA) is 79.5 Å². The maximum absolute atomic E-state index is 11.5. The lowest BCUT2D eigenvalue weighted by atomic mass is 10.1. The van der Waals surface area contributed by atoms with Crippen LogP contribution in [0.4, 0.5) is 4.79 Å². The van der Waals surface area contributed by atoms with E-state index in [4.69, 9.17) is 4.74 Å². The molecule has 1 saturated heterocycles. The van der Waals surface area contributed by atoms with Crippen LogP contribution in [0.2, 0.25) is 0 Å². The van der Waals surface area contributed by atoms with Gasteiger partial charge in [0.1, 0.15) is 6.61 Å². The summed E-state index contributed by atoms with van der Waals surface area (Å²) in [7, 11) is 0. The van der Waals surface area contributed by atoms with E-state index in [1.807, 2.05) is 30.3 Å². The van der Waals surface area contributed by atoms with Crippen molar-refractivity contribution in [1.29, 1.82) is 0 Å². The molecule has 1 aromatic carbocycles. The standard InChI is InChI=1S/C16H23N3O3/c20-15-11-14(7-10-18-15)17-8-4-9-19-16(21)22-12-13-5-2-1-3-6-13/h1-3,5-6,14,17H,4,7-12H2,(H,18,20)(H,19,21). The fourth-order valence-corrected chi connectivity index (χ4v) is 2.32. The van der Waals surface area contributed by atoms with Gasteiger partial charge in [0, 0.05) is 25.6 Å². The molecule has 1 heterocycles. The number of carbonyl (C=O) groups is 2. The second kappa shape index (κ2) is 9.04. The molecule has 1 aromatic rings. The summed E-state index contributed by atoms with van der Waals surface area (Å²) in [6.07, 6.45) is 1.89. The predicted octanol–water partition coefficient (Wildman–Crippen LogP) is 1.17. The fourth-order valence-electron chi connectivity index (χ4n) is 2.32. The minimum absolute atomic E-state index is 0.103. The number of amides is 2. The first-order chi connectivity index (χ1) is 10.7. The molecule has 2 rings (SSSR count). The molecule has 0 radical (unpaired) electrons. The smallest absolute Gasteiger partial charge is 0.407 e. The molecule has 6 nitrogen and oxygen atoms in total. The number of ether oxygens (including phenoxy) is 1. The van der Waals surface area contributed by atoms with E-state index >= 15 is 0 Å². The van der Waals surface area contributed by atoms with E-state index in [1.165, 1.54) is 0 Å². The molecule has 1 atom stereocenters. The van der Waals surface area contributed by atoms with Crippen LogP contribution in [-0.4, -0.2) is 37.7 Å². The number of carbonyl (C=O) groups excluding carboxylic acids is 2. The van der Waals surface area contributed by atoms with E-state index in [0.29, 0.717) is 13.0 Å². The van der Waals surface area contributed by atoms with Crippen LogP contribution in [0.3, 0.4) is 0 Å². The Kier molecular flexibility index (Phi) is 6.70. The van der Waals surface area contributed by atoms with Gasteiger partial charge < -0.3 is 20.7 Å². The van der Waals surface area contributed by atoms with Crippen LogP contribution in [0, 0.1) is 0 Å². The molecule has 0 bridgehead atoms. The zero-order valence-electron chi connectivity index (χ0n) is 12.6. The molecule has 1 aliphatic rings. The van der Waals surface area contributed by atoms with Gasteiger partial charge in [-0.2, -0.15) is 0 Å². The van der Waals surface area contributed by atoms with Crippen molar-refractivity contribution in [1.82, 2.24) is 16.0 Å². The molecule has 0 aromatic heterocycles. The predicted molar refractivity (Wildman–Crippen MR) is 83.3 cm³/mol. The van der Waals surface area contributed by atoms with E-state index in [0.717, 1.165) is 31.5 Å². The van der Waals surface area contributed by atoms with Crippen LogP contribution < -0.4 is 16.0 Å². The van der Waals surface area contributed by atoms with E-state index in [9.17, 15) is 9.59 Å². The van der Waals surface area contributed by atoms with Crippen LogP contribution in [0.15, 0.2) is 30.3 Å². The van der Waals surface area contributed by atoms with Gasteiger partial charge in [-0.05, 0) is 24.9 Å². The van der Waals surface area contributed by atoms with Gasteiger partial charge in [-0.25, -0.2) is 4.79 Å². The van der Waals surface area contributed by atoms with Crippen molar-refractivity contribution in [2.24, 2.45) is 0 Å². The van der Waals surface area contributed by atoms with E-state index in [1.54, 1.807) is 0 Å². The number of alkyl carbamates (subject to hydrolysis) is 1. The van der Waals surface area contributed by atoms with Crippen LogP contribution in [-0.2, 0) is 16.1 Å². The highest BCUT2D eigenvalue weighted by Gasteiger charge is 2.17. The van der Waals surface area contributed by atoms with Gasteiger partial charge in [0.2, 0.25) is 5.91 Å². The third-order valence-electron chi connectivity index (χ3n) is 3.52. The molecule has 2 amide bonds. The highest BCUT2D eigenvalue weighted by atomic mass is 16.5. The second-order valence-electron chi connectivity index (χ2n) is 5.34. The molecular formula is C16H23N3O3. The van der Waals surface area contributed by atoms with Gasteiger partial charge in [0.25, 0.3) is 0 Å². The monoisotopic (exact) mass is 305 g/mol. The van der Waals surface area contributed by atoms with E-state index < -0.39 is 6.09 Å². The summed E-state index contributed by atoms with van der Waals surface area (Å²) in [6.45, 7) is 2.35. The molecular weight excluding hydrogens is 282 g/mol. The molecule has 0 aliphatic carbocycles. The minimum atomic E-state index is -0.402. The van der Waals surface area contributed by atoms with Crippen molar-refractivity contribution in [3.63, 3.8) is 0 Å². The summed E-state index contributed by atoms with van der Waals surface area (Å²) in [5.41, 5.74) is 0.967. The Labute approximate surface area is 130 Å². The summed E-state index contributed by atoms with van der Waals surface area (Å²) >= 11 is 0. The van der Waals surface area contributed by atoms with Crippen molar-refractivity contribution in [3.05, 3.63) is 35.9 Å². The first-order valence-electron chi connectivity index (χ1n) is 7.68. The van der Waals surface area contributed by atoms with E-state index in [2.05, 4.69) is 16.0 Å². The van der Waals surface area contributed by atoms with Crippen molar-refractivity contribution < 1.29 is 14.3 Å². The molecule has 1 aliphatic heterocycles. The lowest BCUT2D eigenvalue weighted by Crippen LogP contribution is -2.43. The minimum Gasteiger partial charge on any atom is -0.445 e. The van der Waals surface area contributed by atoms with Crippen LogP contribution in [0.5, 0.6) is 0 Å². The lowest BCUT2D eigenvalue weighted by molar-refractivity contribution is -0.122. The Hall–Kier alpha value is -2.08. The number of rotatable bonds is 7. The van der Waals surface area contributed by atoms with E-state index in [-0.39, 0.29) is 18.6 Å². The van der Waals surface area contributed by atoms with Gasteiger partial charge in [-0.1, -0.05) is 30.3 Å².